The molecule has 0 bridgehead atoms. The lowest BCUT2D eigenvalue weighted by atomic mass is 10.3. The summed E-state index contributed by atoms with van der Waals surface area (Å²) in [5.41, 5.74) is 2.46. The van der Waals surface area contributed by atoms with Crippen LogP contribution in [0, 0.1) is 0 Å². The molecule has 1 aliphatic rings. The van der Waals surface area contributed by atoms with Crippen molar-refractivity contribution in [1.82, 2.24) is 9.38 Å². The molecule has 1 fully saturated rings. The van der Waals surface area contributed by atoms with E-state index in [-0.39, 0.29) is 12.0 Å². The molecule has 1 amide bonds. The summed E-state index contributed by atoms with van der Waals surface area (Å²) in [5.74, 6) is 0.0842. The average molecular weight is 372 g/mol. The topological polar surface area (TPSA) is 71.1 Å². The van der Waals surface area contributed by atoms with Gasteiger partial charge in [0.2, 0.25) is 5.82 Å². The number of carbonyl (C=O) groups is 1. The molecule has 6 nitrogen and oxygen atoms in total. The number of aliphatic hydroxyl groups excluding tert-OH is 1. The number of nitrogens with one attached hydrogen (secondary N) is 2. The molecule has 0 radical (unpaired) electrons. The van der Waals surface area contributed by atoms with Crippen LogP contribution in [0.4, 0.5) is 5.69 Å². The third kappa shape index (κ3) is 3.44. The van der Waals surface area contributed by atoms with Crippen LogP contribution in [0.25, 0.3) is 5.52 Å². The van der Waals surface area contributed by atoms with Gasteiger partial charge in [-0.25, -0.2) is 4.98 Å². The van der Waals surface area contributed by atoms with Crippen molar-refractivity contribution in [3.8, 4) is 0 Å². The molecule has 26 heavy (non-hydrogen) atoms. The summed E-state index contributed by atoms with van der Waals surface area (Å²) < 4.78 is 1.81. The van der Waals surface area contributed by atoms with Crippen LogP contribution < -0.4 is 10.2 Å². The van der Waals surface area contributed by atoms with Crippen LogP contribution in [0.2, 0.25) is 5.02 Å². The number of aliphatic hydroxyl groups is 1. The molecule has 0 spiro atoms. The van der Waals surface area contributed by atoms with Gasteiger partial charge in [-0.15, -0.1) is 0 Å². The molecule has 1 aliphatic heterocycles. The number of nitrogens with zero attached hydrogens (tertiary/aromatic N) is 2. The van der Waals surface area contributed by atoms with Gasteiger partial charge in [0.05, 0.1) is 12.1 Å². The van der Waals surface area contributed by atoms with Crippen LogP contribution in [0.5, 0.6) is 0 Å². The van der Waals surface area contributed by atoms with Crippen LogP contribution in [-0.4, -0.2) is 39.6 Å². The molecule has 0 saturated carbocycles. The van der Waals surface area contributed by atoms with E-state index in [9.17, 15) is 9.90 Å². The Morgan fingerprint density at radius 3 is 2.85 bits per heavy atom. The van der Waals surface area contributed by atoms with Gasteiger partial charge in [0, 0.05) is 23.3 Å². The van der Waals surface area contributed by atoms with Crippen LogP contribution in [0.15, 0.2) is 48.7 Å². The van der Waals surface area contributed by atoms with E-state index >= 15 is 0 Å². The van der Waals surface area contributed by atoms with E-state index in [1.165, 1.54) is 4.90 Å². The molecule has 7 heteroatoms. The van der Waals surface area contributed by atoms with Crippen molar-refractivity contribution in [3.63, 3.8) is 0 Å². The van der Waals surface area contributed by atoms with Gasteiger partial charge in [-0.05, 0) is 36.4 Å². The van der Waals surface area contributed by atoms with Gasteiger partial charge >= 0.3 is 0 Å². The van der Waals surface area contributed by atoms with E-state index in [0.29, 0.717) is 23.1 Å². The zero-order valence-corrected chi connectivity index (χ0v) is 14.9. The van der Waals surface area contributed by atoms with E-state index in [1.54, 1.807) is 24.3 Å². The van der Waals surface area contributed by atoms with Crippen molar-refractivity contribution in [3.05, 3.63) is 65.2 Å². The molecule has 4 rings (SSSR count). The monoisotopic (exact) mass is 371 g/mol. The predicted molar refractivity (Wildman–Crippen MR) is 99.6 cm³/mol. The first-order valence-corrected chi connectivity index (χ1v) is 9.02. The number of likely N-dealkylation sites (tertiary alicyclic amines) is 1. The van der Waals surface area contributed by atoms with E-state index in [1.807, 2.05) is 28.8 Å². The van der Waals surface area contributed by atoms with E-state index in [4.69, 9.17) is 11.6 Å². The van der Waals surface area contributed by atoms with Crippen LogP contribution in [0.3, 0.4) is 0 Å². The molecule has 3 aromatic rings. The first kappa shape index (κ1) is 17.0. The summed E-state index contributed by atoms with van der Waals surface area (Å²) in [6.07, 6.45) is 2.41. The number of pyridine rings is 1. The predicted octanol–water partition coefficient (Wildman–Crippen LogP) is 1.39. The second kappa shape index (κ2) is 7.07. The molecule has 2 aromatic heterocycles. The molecular formula is C19H20ClN4O2+. The van der Waals surface area contributed by atoms with Gasteiger partial charge in [0.25, 0.3) is 5.91 Å². The number of amides is 1. The number of aromatic nitrogens is 2. The van der Waals surface area contributed by atoms with Crippen LogP contribution in [0.1, 0.15) is 22.7 Å². The highest BCUT2D eigenvalue weighted by Gasteiger charge is 2.26. The second-order valence-corrected chi connectivity index (χ2v) is 7.06. The number of anilines is 1. The molecule has 3 N–H and O–H groups in total. The van der Waals surface area contributed by atoms with Crippen molar-refractivity contribution in [2.45, 2.75) is 19.1 Å². The van der Waals surface area contributed by atoms with Gasteiger partial charge in [-0.3, -0.25) is 9.20 Å². The lowest BCUT2D eigenvalue weighted by molar-refractivity contribution is -0.902. The number of benzene rings is 1. The Morgan fingerprint density at radius 1 is 1.31 bits per heavy atom. The van der Waals surface area contributed by atoms with Crippen LogP contribution >= 0.6 is 11.6 Å². The number of fused-ring (bicyclic) bond motifs is 1. The number of carbonyl (C=O) groups excluding carboxylic acids is 1. The van der Waals surface area contributed by atoms with Gasteiger partial charge in [-0.1, -0.05) is 17.7 Å². The highest BCUT2D eigenvalue weighted by atomic mass is 35.5. The Hall–Kier alpha value is -2.41. The highest BCUT2D eigenvalue weighted by molar-refractivity contribution is 6.30. The van der Waals surface area contributed by atoms with Crippen molar-refractivity contribution in [2.75, 3.05) is 18.4 Å². The average Bonchev–Trinajstić information content (AvgIpc) is 3.21. The zero-order chi connectivity index (χ0) is 18.1. The standard InChI is InChI=1S/C19H19ClN4O2/c20-13-4-6-14(7-5-13)21-19(26)18-22-16(12-23-10-8-15(25)11-23)17-3-1-2-9-24(17)18/h1-7,9,15,25H,8,10-12H2,(H,21,26)/p+1. The SMILES string of the molecule is O=C(Nc1ccc(Cl)cc1)c1nc(C[NH+]2CCC(O)C2)c2ccccn12. The summed E-state index contributed by atoms with van der Waals surface area (Å²) in [4.78, 5) is 18.6. The second-order valence-electron chi connectivity index (χ2n) is 6.62. The van der Waals surface area contributed by atoms with E-state index in [0.717, 1.165) is 30.7 Å². The Balaban J connectivity index is 1.62. The Kier molecular flexibility index (Phi) is 4.63. The van der Waals surface area contributed by atoms with Gasteiger partial charge < -0.3 is 15.3 Å². The minimum Gasteiger partial charge on any atom is -0.387 e. The van der Waals surface area contributed by atoms with Crippen molar-refractivity contribution in [2.24, 2.45) is 0 Å². The molecule has 134 valence electrons. The molecule has 2 atom stereocenters. The molecule has 1 aromatic carbocycles. The molecule has 1 saturated heterocycles. The minimum absolute atomic E-state index is 0.244. The minimum atomic E-state index is -0.267. The maximum atomic E-state index is 12.7. The van der Waals surface area contributed by atoms with Gasteiger partial charge in [0.1, 0.15) is 24.9 Å². The fourth-order valence-electron chi connectivity index (χ4n) is 3.42. The third-order valence-electron chi connectivity index (χ3n) is 4.70. The lowest BCUT2D eigenvalue weighted by Gasteiger charge is -2.10. The lowest BCUT2D eigenvalue weighted by Crippen LogP contribution is -3.09. The van der Waals surface area contributed by atoms with E-state index in [2.05, 4.69) is 10.3 Å². The maximum Gasteiger partial charge on any atom is 0.292 e. The Labute approximate surface area is 156 Å². The Bertz CT molecular complexity index is 938. The summed E-state index contributed by atoms with van der Waals surface area (Å²) in [5, 5.41) is 13.2. The van der Waals surface area contributed by atoms with Gasteiger partial charge in [0.15, 0.2) is 0 Å². The maximum absolute atomic E-state index is 12.7. The largest absolute Gasteiger partial charge is 0.387 e. The number of hydrogen-bond donors (Lipinski definition) is 3. The fraction of sp³-hybridized carbons (Fsp3) is 0.263. The van der Waals surface area contributed by atoms with Crippen molar-refractivity contribution >= 4 is 28.7 Å². The fourth-order valence-corrected chi connectivity index (χ4v) is 3.54. The third-order valence-corrected chi connectivity index (χ3v) is 4.95. The molecule has 3 heterocycles. The number of imidazole rings is 1. The zero-order valence-electron chi connectivity index (χ0n) is 14.2. The summed E-state index contributed by atoms with van der Waals surface area (Å²) in [6.45, 7) is 2.33. The quantitative estimate of drug-likeness (QED) is 0.649. The first-order chi connectivity index (χ1) is 12.6. The summed E-state index contributed by atoms with van der Waals surface area (Å²) in [7, 11) is 0. The number of hydrogen-bond acceptors (Lipinski definition) is 3. The molecular weight excluding hydrogens is 352 g/mol. The highest BCUT2D eigenvalue weighted by Crippen LogP contribution is 2.17. The smallest absolute Gasteiger partial charge is 0.292 e. The number of halogens is 1. The van der Waals surface area contributed by atoms with Crippen molar-refractivity contribution < 1.29 is 14.8 Å². The normalized spacial score (nSPS) is 19.8. The molecule has 0 aliphatic carbocycles. The Morgan fingerprint density at radius 2 is 2.12 bits per heavy atom. The summed E-state index contributed by atoms with van der Waals surface area (Å²) >= 11 is 5.89. The number of rotatable bonds is 4. The van der Waals surface area contributed by atoms with Gasteiger partial charge in [-0.2, -0.15) is 0 Å². The van der Waals surface area contributed by atoms with E-state index < -0.39 is 0 Å². The van der Waals surface area contributed by atoms with Crippen molar-refractivity contribution in [1.29, 1.82) is 0 Å². The molecule has 2 unspecified atom stereocenters. The number of quaternary nitrogens is 1. The first-order valence-electron chi connectivity index (χ1n) is 8.64. The summed E-state index contributed by atoms with van der Waals surface area (Å²) in [6, 6.07) is 12.8. The van der Waals surface area contributed by atoms with Crippen LogP contribution in [-0.2, 0) is 6.54 Å².